The average molecular weight is 234 g/mol. The molecule has 94 valence electrons. The van der Waals surface area contributed by atoms with E-state index in [2.05, 4.69) is 29.8 Å². The molecular weight excluding hydrogens is 212 g/mol. The van der Waals surface area contributed by atoms with Crippen LogP contribution in [-0.4, -0.2) is 23.2 Å². The molecule has 1 N–H and O–H groups in total. The molecule has 1 fully saturated rings. The van der Waals surface area contributed by atoms with Gasteiger partial charge in [-0.25, -0.2) is 0 Å². The van der Waals surface area contributed by atoms with E-state index in [0.29, 0.717) is 0 Å². The topological polar surface area (TPSA) is 36.4 Å². The van der Waals surface area contributed by atoms with Crippen molar-refractivity contribution in [3.63, 3.8) is 0 Å². The van der Waals surface area contributed by atoms with Gasteiger partial charge in [0.05, 0.1) is 23.7 Å². The number of anilines is 1. The molecule has 3 heteroatoms. The van der Waals surface area contributed by atoms with Gasteiger partial charge in [-0.1, -0.05) is 13.8 Å². The second kappa shape index (κ2) is 5.05. The Morgan fingerprint density at radius 2 is 1.94 bits per heavy atom. The highest BCUT2D eigenvalue weighted by Gasteiger charge is 2.22. The lowest BCUT2D eigenvalue weighted by Gasteiger charge is -2.36. The van der Waals surface area contributed by atoms with Crippen molar-refractivity contribution in [2.24, 2.45) is 11.8 Å². The van der Waals surface area contributed by atoms with E-state index in [0.717, 1.165) is 30.6 Å². The van der Waals surface area contributed by atoms with Gasteiger partial charge in [-0.3, -0.25) is 4.98 Å². The number of aromatic nitrogens is 1. The second-order valence-corrected chi connectivity index (χ2v) is 5.47. The Morgan fingerprint density at radius 3 is 2.41 bits per heavy atom. The maximum atomic E-state index is 9.43. The molecule has 17 heavy (non-hydrogen) atoms. The van der Waals surface area contributed by atoms with Gasteiger partial charge in [0.1, 0.15) is 0 Å². The second-order valence-electron chi connectivity index (χ2n) is 5.47. The molecule has 2 rings (SSSR count). The van der Waals surface area contributed by atoms with Crippen molar-refractivity contribution in [2.45, 2.75) is 33.3 Å². The van der Waals surface area contributed by atoms with Crippen LogP contribution >= 0.6 is 0 Å². The zero-order valence-electron chi connectivity index (χ0n) is 10.9. The van der Waals surface area contributed by atoms with Gasteiger partial charge in [0.2, 0.25) is 0 Å². The third kappa shape index (κ3) is 2.97. The summed E-state index contributed by atoms with van der Waals surface area (Å²) in [4.78, 5) is 6.71. The zero-order chi connectivity index (χ0) is 12.4. The van der Waals surface area contributed by atoms with Crippen LogP contribution in [0.3, 0.4) is 0 Å². The molecule has 1 aromatic rings. The van der Waals surface area contributed by atoms with Gasteiger partial charge in [0.25, 0.3) is 0 Å². The first kappa shape index (κ1) is 12.4. The molecule has 2 unspecified atom stereocenters. The minimum absolute atomic E-state index is 0.483. The summed E-state index contributed by atoms with van der Waals surface area (Å²) in [5.41, 5.74) is 1.92. The van der Waals surface area contributed by atoms with Gasteiger partial charge in [-0.15, -0.1) is 0 Å². The monoisotopic (exact) mass is 234 g/mol. The highest BCUT2D eigenvalue weighted by Crippen LogP contribution is 2.26. The lowest BCUT2D eigenvalue weighted by molar-refractivity contribution is 0.194. The molecule has 0 amide bonds. The van der Waals surface area contributed by atoms with Crippen molar-refractivity contribution in [1.29, 1.82) is 0 Å². The standard InChI is InChI=1S/C14H22N2O/c1-10-6-11(2)9-16(8-10)13-4-5-14(12(3)17)15-7-13/h4-5,7,10-12,17H,6,8-9H2,1-3H3/t10?,11?,12-/m1/s1. The van der Waals surface area contributed by atoms with Gasteiger partial charge in [-0.05, 0) is 37.3 Å². The van der Waals surface area contributed by atoms with Crippen LogP contribution in [0.5, 0.6) is 0 Å². The fourth-order valence-electron chi connectivity index (χ4n) is 2.71. The molecule has 3 atom stereocenters. The van der Waals surface area contributed by atoms with Crippen LogP contribution in [0.15, 0.2) is 18.3 Å². The lowest BCUT2D eigenvalue weighted by Crippen LogP contribution is -2.38. The minimum atomic E-state index is -0.483. The Kier molecular flexibility index (Phi) is 3.67. The van der Waals surface area contributed by atoms with Crippen LogP contribution in [0.4, 0.5) is 5.69 Å². The van der Waals surface area contributed by atoms with E-state index in [-0.39, 0.29) is 0 Å². The molecule has 0 radical (unpaired) electrons. The normalized spacial score (nSPS) is 26.9. The number of hydrogen-bond acceptors (Lipinski definition) is 3. The van der Waals surface area contributed by atoms with E-state index in [1.807, 2.05) is 12.3 Å². The fraction of sp³-hybridized carbons (Fsp3) is 0.643. The summed E-state index contributed by atoms with van der Waals surface area (Å²) in [5, 5.41) is 9.43. The fourth-order valence-corrected chi connectivity index (χ4v) is 2.71. The van der Waals surface area contributed by atoms with Crippen molar-refractivity contribution < 1.29 is 5.11 Å². The van der Waals surface area contributed by atoms with Gasteiger partial charge in [-0.2, -0.15) is 0 Å². The summed E-state index contributed by atoms with van der Waals surface area (Å²) in [6, 6.07) is 3.99. The minimum Gasteiger partial charge on any atom is -0.387 e. The number of hydrogen-bond donors (Lipinski definition) is 1. The van der Waals surface area contributed by atoms with Crippen molar-refractivity contribution in [2.75, 3.05) is 18.0 Å². The first-order valence-corrected chi connectivity index (χ1v) is 6.45. The molecule has 0 aromatic carbocycles. The number of rotatable bonds is 2. The molecule has 0 saturated carbocycles. The van der Waals surface area contributed by atoms with E-state index in [1.165, 1.54) is 12.1 Å². The van der Waals surface area contributed by atoms with Crippen LogP contribution in [0.2, 0.25) is 0 Å². The molecule has 0 spiro atoms. The molecule has 0 bridgehead atoms. The summed E-state index contributed by atoms with van der Waals surface area (Å²) in [6.07, 6.45) is 2.71. The van der Waals surface area contributed by atoms with Crippen LogP contribution in [0.25, 0.3) is 0 Å². The van der Waals surface area contributed by atoms with Gasteiger partial charge in [0.15, 0.2) is 0 Å². The Hall–Kier alpha value is -1.09. The van der Waals surface area contributed by atoms with E-state index >= 15 is 0 Å². The Labute approximate surface area is 103 Å². The van der Waals surface area contributed by atoms with Crippen molar-refractivity contribution in [3.05, 3.63) is 24.0 Å². The summed E-state index contributed by atoms with van der Waals surface area (Å²) in [7, 11) is 0. The van der Waals surface area contributed by atoms with Crippen molar-refractivity contribution >= 4 is 5.69 Å². The van der Waals surface area contributed by atoms with Crippen molar-refractivity contribution in [1.82, 2.24) is 4.98 Å². The van der Waals surface area contributed by atoms with E-state index in [4.69, 9.17) is 0 Å². The predicted octanol–water partition coefficient (Wildman–Crippen LogP) is 2.62. The number of aliphatic hydroxyl groups excluding tert-OH is 1. The van der Waals surface area contributed by atoms with Gasteiger partial charge < -0.3 is 10.0 Å². The van der Waals surface area contributed by atoms with Crippen LogP contribution in [0, 0.1) is 11.8 Å². The Balaban J connectivity index is 2.11. The first-order valence-electron chi connectivity index (χ1n) is 6.45. The largest absolute Gasteiger partial charge is 0.387 e. The van der Waals surface area contributed by atoms with E-state index in [1.54, 1.807) is 6.92 Å². The van der Waals surface area contributed by atoms with Crippen LogP contribution < -0.4 is 4.90 Å². The van der Waals surface area contributed by atoms with Crippen LogP contribution in [-0.2, 0) is 0 Å². The third-order valence-electron chi connectivity index (χ3n) is 3.43. The highest BCUT2D eigenvalue weighted by atomic mass is 16.3. The summed E-state index contributed by atoms with van der Waals surface area (Å²) in [6.45, 7) is 8.58. The maximum absolute atomic E-state index is 9.43. The Bertz CT molecular complexity index is 351. The van der Waals surface area contributed by atoms with Gasteiger partial charge >= 0.3 is 0 Å². The number of aliphatic hydroxyl groups is 1. The molecule has 3 nitrogen and oxygen atoms in total. The number of piperidine rings is 1. The molecule has 1 aromatic heterocycles. The quantitative estimate of drug-likeness (QED) is 0.854. The molecular formula is C14H22N2O. The SMILES string of the molecule is CC1CC(C)CN(c2ccc([C@@H](C)O)nc2)C1. The smallest absolute Gasteiger partial charge is 0.0931 e. The van der Waals surface area contributed by atoms with E-state index in [9.17, 15) is 5.11 Å². The van der Waals surface area contributed by atoms with Gasteiger partial charge in [0, 0.05) is 13.1 Å². The lowest BCUT2D eigenvalue weighted by atomic mass is 9.91. The maximum Gasteiger partial charge on any atom is 0.0931 e. The predicted molar refractivity (Wildman–Crippen MR) is 70.0 cm³/mol. The van der Waals surface area contributed by atoms with Crippen LogP contribution in [0.1, 0.15) is 39.0 Å². The van der Waals surface area contributed by atoms with Crippen molar-refractivity contribution in [3.8, 4) is 0 Å². The summed E-state index contributed by atoms with van der Waals surface area (Å²) < 4.78 is 0. The molecule has 1 aliphatic rings. The highest BCUT2D eigenvalue weighted by molar-refractivity contribution is 5.45. The average Bonchev–Trinajstić information content (AvgIpc) is 2.28. The third-order valence-corrected chi connectivity index (χ3v) is 3.43. The van der Waals surface area contributed by atoms with E-state index < -0.39 is 6.10 Å². The number of nitrogens with zero attached hydrogens (tertiary/aromatic N) is 2. The first-order chi connectivity index (χ1) is 8.06. The summed E-state index contributed by atoms with van der Waals surface area (Å²) >= 11 is 0. The molecule has 1 aliphatic heterocycles. The molecule has 0 aliphatic carbocycles. The summed E-state index contributed by atoms with van der Waals surface area (Å²) in [5.74, 6) is 1.49. The molecule has 1 saturated heterocycles. The Morgan fingerprint density at radius 1 is 1.29 bits per heavy atom. The number of pyridine rings is 1. The molecule has 2 heterocycles. The zero-order valence-corrected chi connectivity index (χ0v) is 10.9.